The van der Waals surface area contributed by atoms with Gasteiger partial charge in [0.2, 0.25) is 0 Å². The topological polar surface area (TPSA) is 46.0 Å². The Balaban J connectivity index is 0.934. The van der Waals surface area contributed by atoms with Crippen molar-refractivity contribution in [3.05, 3.63) is 251 Å². The van der Waals surface area contributed by atoms with Crippen molar-refractivity contribution in [1.82, 2.24) is 5.32 Å². The van der Waals surface area contributed by atoms with E-state index in [1.165, 1.54) is 55.3 Å². The number of amidine groups is 2. The Kier molecular flexibility index (Phi) is 7.79. The van der Waals surface area contributed by atoms with Crippen LogP contribution in [0.3, 0.4) is 0 Å². The van der Waals surface area contributed by atoms with E-state index in [1.807, 2.05) is 36.4 Å². The number of aliphatic imine (C=N–C) groups is 2. The summed E-state index contributed by atoms with van der Waals surface area (Å²) < 4.78 is 6.62. The van der Waals surface area contributed by atoms with Crippen molar-refractivity contribution in [3.8, 4) is 44.9 Å². The second-order valence-corrected chi connectivity index (χ2v) is 15.7. The predicted octanol–water partition coefficient (Wildman–Crippen LogP) is 13.1. The maximum absolute atomic E-state index is 6.62. The summed E-state index contributed by atoms with van der Waals surface area (Å²) in [6, 6.07) is 75.8. The molecule has 2 heterocycles. The molecule has 60 heavy (non-hydrogen) atoms. The molecule has 1 spiro atoms. The average Bonchev–Trinajstić information content (AvgIpc) is 3.61. The first-order valence-electron chi connectivity index (χ1n) is 20.5. The number of ether oxygens (including phenoxy) is 1. The predicted molar refractivity (Wildman–Crippen MR) is 244 cm³/mol. The molecule has 12 rings (SSSR count). The number of nitrogens with one attached hydrogen (secondary N) is 1. The maximum atomic E-state index is 6.62. The summed E-state index contributed by atoms with van der Waals surface area (Å²) in [4.78, 5) is 10.0. The van der Waals surface area contributed by atoms with E-state index >= 15 is 0 Å². The van der Waals surface area contributed by atoms with Crippen LogP contribution in [0.1, 0.15) is 45.1 Å². The van der Waals surface area contributed by atoms with Crippen LogP contribution in [-0.2, 0) is 5.41 Å². The molecular formula is C56H37N3O. The van der Waals surface area contributed by atoms with Gasteiger partial charge in [-0.1, -0.05) is 188 Å². The molecule has 4 heteroatoms. The van der Waals surface area contributed by atoms with Crippen LogP contribution in [0.15, 0.2) is 222 Å². The van der Waals surface area contributed by atoms with E-state index < -0.39 is 5.41 Å². The van der Waals surface area contributed by atoms with Gasteiger partial charge in [-0.15, -0.1) is 0 Å². The summed E-state index contributed by atoms with van der Waals surface area (Å²) in [5, 5.41) is 6.06. The molecule has 9 aromatic rings. The molecule has 0 saturated heterocycles. The third kappa shape index (κ3) is 5.31. The highest BCUT2D eigenvalue weighted by atomic mass is 16.5. The molecule has 4 nitrogen and oxygen atoms in total. The zero-order valence-electron chi connectivity index (χ0n) is 32.6. The molecule has 2 aliphatic heterocycles. The number of rotatable bonds is 5. The highest BCUT2D eigenvalue weighted by Crippen LogP contribution is 2.63. The number of hydrogen-bond donors (Lipinski definition) is 1. The van der Waals surface area contributed by atoms with Gasteiger partial charge in [0, 0.05) is 22.3 Å². The molecule has 0 aromatic heterocycles. The first-order valence-corrected chi connectivity index (χ1v) is 20.5. The zero-order valence-corrected chi connectivity index (χ0v) is 32.6. The lowest BCUT2D eigenvalue weighted by Gasteiger charge is -2.39. The van der Waals surface area contributed by atoms with Gasteiger partial charge in [0.25, 0.3) is 0 Å². The Labute approximate surface area is 348 Å². The van der Waals surface area contributed by atoms with Crippen LogP contribution < -0.4 is 10.1 Å². The quantitative estimate of drug-likeness (QED) is 0.190. The van der Waals surface area contributed by atoms with Crippen molar-refractivity contribution >= 4 is 22.4 Å². The fourth-order valence-corrected chi connectivity index (χ4v) is 9.65. The number of nitrogens with zero attached hydrogens (tertiary/aromatic N) is 2. The Morgan fingerprint density at radius 2 is 0.967 bits per heavy atom. The minimum Gasteiger partial charge on any atom is -0.457 e. The van der Waals surface area contributed by atoms with Crippen LogP contribution in [-0.4, -0.2) is 11.7 Å². The van der Waals surface area contributed by atoms with Crippen LogP contribution in [0.2, 0.25) is 0 Å². The summed E-state index contributed by atoms with van der Waals surface area (Å²) in [6.07, 6.45) is -0.275. The van der Waals surface area contributed by atoms with E-state index in [0.29, 0.717) is 0 Å². The van der Waals surface area contributed by atoms with E-state index in [0.717, 1.165) is 51.0 Å². The van der Waals surface area contributed by atoms with E-state index in [9.17, 15) is 0 Å². The third-order valence-corrected chi connectivity index (χ3v) is 12.4. The highest BCUT2D eigenvalue weighted by Gasteiger charge is 2.51. The molecule has 0 bridgehead atoms. The van der Waals surface area contributed by atoms with Gasteiger partial charge in [0.1, 0.15) is 23.5 Å². The second-order valence-electron chi connectivity index (χ2n) is 15.7. The molecule has 1 atom stereocenters. The molecule has 0 radical (unpaired) electrons. The minimum atomic E-state index is -0.537. The van der Waals surface area contributed by atoms with E-state index in [2.05, 4.69) is 181 Å². The third-order valence-electron chi connectivity index (χ3n) is 12.4. The number of para-hydroxylation sites is 2. The van der Waals surface area contributed by atoms with Crippen LogP contribution in [0.25, 0.3) is 44.2 Å². The van der Waals surface area contributed by atoms with Gasteiger partial charge < -0.3 is 10.1 Å². The van der Waals surface area contributed by atoms with Gasteiger partial charge in [-0.05, 0) is 85.1 Å². The molecule has 3 aliphatic rings. The van der Waals surface area contributed by atoms with Crippen LogP contribution >= 0.6 is 0 Å². The number of fused-ring (bicyclic) bond motifs is 10. The van der Waals surface area contributed by atoms with Gasteiger partial charge >= 0.3 is 0 Å². The van der Waals surface area contributed by atoms with Gasteiger partial charge in [0.15, 0.2) is 5.84 Å². The standard InChI is InChI=1S/C56H37N3O/c1-3-14-39(15-4-1)53-57-54(40-16-5-2-6-17-40)59-55(58-53)41-32-28-37(29-33-41)36-26-30-38(31-27-36)44-20-13-23-48-52(44)45-34-42-18-7-8-19-43(42)35-49(45)56(48)46-21-9-11-24-50(46)60-51-25-12-10-22-47(51)56/h1-35,55H,(H,57,58,59). The Morgan fingerprint density at radius 1 is 0.417 bits per heavy atom. The Hall–Kier alpha value is -7.82. The minimum absolute atomic E-state index is 0.275. The fraction of sp³-hybridized carbons (Fsp3) is 0.0357. The highest BCUT2D eigenvalue weighted by molar-refractivity contribution is 6.13. The summed E-state index contributed by atoms with van der Waals surface area (Å²) in [7, 11) is 0. The van der Waals surface area contributed by atoms with E-state index in [-0.39, 0.29) is 6.17 Å². The Morgan fingerprint density at radius 3 is 1.65 bits per heavy atom. The van der Waals surface area contributed by atoms with Crippen molar-refractivity contribution in [2.45, 2.75) is 11.6 Å². The lowest BCUT2D eigenvalue weighted by molar-refractivity contribution is 0.436. The van der Waals surface area contributed by atoms with Crippen molar-refractivity contribution in [2.24, 2.45) is 9.98 Å². The van der Waals surface area contributed by atoms with Gasteiger partial charge in [0.05, 0.1) is 5.41 Å². The van der Waals surface area contributed by atoms with Gasteiger partial charge in [-0.25, -0.2) is 9.98 Å². The van der Waals surface area contributed by atoms with Crippen molar-refractivity contribution < 1.29 is 4.74 Å². The lowest BCUT2D eigenvalue weighted by Crippen LogP contribution is -2.33. The van der Waals surface area contributed by atoms with Crippen molar-refractivity contribution in [2.75, 3.05) is 0 Å². The second kappa shape index (κ2) is 13.6. The van der Waals surface area contributed by atoms with Gasteiger partial charge in [-0.2, -0.15) is 0 Å². The summed E-state index contributed by atoms with van der Waals surface area (Å²) in [5.41, 5.74) is 14.7. The largest absolute Gasteiger partial charge is 0.457 e. The van der Waals surface area contributed by atoms with Crippen LogP contribution in [0.5, 0.6) is 11.5 Å². The van der Waals surface area contributed by atoms with Crippen molar-refractivity contribution in [1.29, 1.82) is 0 Å². The number of hydrogen-bond acceptors (Lipinski definition) is 4. The zero-order chi connectivity index (χ0) is 39.6. The first kappa shape index (κ1) is 34.2. The van der Waals surface area contributed by atoms with Crippen molar-refractivity contribution in [3.63, 3.8) is 0 Å². The number of benzene rings is 9. The Bertz CT molecular complexity index is 3140. The monoisotopic (exact) mass is 767 g/mol. The first-order chi connectivity index (χ1) is 29.7. The fourth-order valence-electron chi connectivity index (χ4n) is 9.65. The molecule has 1 N–H and O–H groups in total. The SMILES string of the molecule is c1ccc(C2=NC(c3ccc(-c4ccc(-c5cccc6c5-c5cc7ccccc7cc5C65c6ccccc6Oc6ccccc65)cc4)cc3)NC(c3ccccc3)=N2)cc1. The molecule has 282 valence electrons. The summed E-state index contributed by atoms with van der Waals surface area (Å²) in [5.74, 6) is 3.33. The molecule has 1 unspecified atom stereocenters. The van der Waals surface area contributed by atoms with Crippen LogP contribution in [0.4, 0.5) is 0 Å². The smallest absolute Gasteiger partial charge is 0.159 e. The summed E-state index contributed by atoms with van der Waals surface area (Å²) in [6.45, 7) is 0. The van der Waals surface area contributed by atoms with E-state index in [1.54, 1.807) is 0 Å². The summed E-state index contributed by atoms with van der Waals surface area (Å²) >= 11 is 0. The molecule has 1 aliphatic carbocycles. The van der Waals surface area contributed by atoms with E-state index in [4.69, 9.17) is 14.7 Å². The average molecular weight is 768 g/mol. The lowest BCUT2D eigenvalue weighted by atomic mass is 9.66. The molecule has 0 saturated carbocycles. The molecular weight excluding hydrogens is 731 g/mol. The maximum Gasteiger partial charge on any atom is 0.159 e. The molecule has 9 aromatic carbocycles. The molecule has 0 amide bonds. The normalized spacial score (nSPS) is 15.4. The van der Waals surface area contributed by atoms with Gasteiger partial charge in [-0.3, -0.25) is 0 Å². The molecule has 0 fully saturated rings. The van der Waals surface area contributed by atoms with Crippen LogP contribution in [0, 0.1) is 0 Å².